The first-order valence-corrected chi connectivity index (χ1v) is 4.49. The minimum Gasteiger partial charge on any atom is -0.508 e. The maximum atomic E-state index is 9.22. The Morgan fingerprint density at radius 2 is 2.08 bits per heavy atom. The SMILES string of the molecule is COc1cc(O)ccc1CC(C)C. The molecule has 0 spiro atoms. The fourth-order valence-electron chi connectivity index (χ4n) is 1.34. The third-order valence-electron chi connectivity index (χ3n) is 1.90. The normalized spacial score (nSPS) is 10.5. The summed E-state index contributed by atoms with van der Waals surface area (Å²) in [5, 5.41) is 9.22. The highest BCUT2D eigenvalue weighted by Gasteiger charge is 2.05. The van der Waals surface area contributed by atoms with Gasteiger partial charge in [0.05, 0.1) is 7.11 Å². The molecule has 2 nitrogen and oxygen atoms in total. The molecule has 0 aromatic heterocycles. The summed E-state index contributed by atoms with van der Waals surface area (Å²) < 4.78 is 5.17. The predicted molar refractivity (Wildman–Crippen MR) is 53.2 cm³/mol. The molecular formula is C11H16O2. The second-order valence-electron chi connectivity index (χ2n) is 3.59. The second-order valence-corrected chi connectivity index (χ2v) is 3.59. The first kappa shape index (κ1) is 9.90. The van der Waals surface area contributed by atoms with Crippen LogP contribution in [-0.2, 0) is 6.42 Å². The van der Waals surface area contributed by atoms with Crippen molar-refractivity contribution in [1.82, 2.24) is 0 Å². The van der Waals surface area contributed by atoms with Crippen LogP contribution < -0.4 is 4.74 Å². The minimum absolute atomic E-state index is 0.254. The van der Waals surface area contributed by atoms with Gasteiger partial charge in [-0.2, -0.15) is 0 Å². The average Bonchev–Trinajstić information content (AvgIpc) is 2.07. The Kier molecular flexibility index (Phi) is 3.18. The average molecular weight is 180 g/mol. The molecule has 0 atom stereocenters. The number of ether oxygens (including phenoxy) is 1. The van der Waals surface area contributed by atoms with Crippen LogP contribution in [0.3, 0.4) is 0 Å². The summed E-state index contributed by atoms with van der Waals surface area (Å²) in [7, 11) is 1.62. The fraction of sp³-hybridized carbons (Fsp3) is 0.455. The van der Waals surface area contributed by atoms with Gasteiger partial charge in [0.2, 0.25) is 0 Å². The molecule has 0 saturated carbocycles. The van der Waals surface area contributed by atoms with Crippen LogP contribution in [0.5, 0.6) is 11.5 Å². The molecule has 1 N–H and O–H groups in total. The van der Waals surface area contributed by atoms with E-state index >= 15 is 0 Å². The molecule has 0 radical (unpaired) electrons. The van der Waals surface area contributed by atoms with Crippen molar-refractivity contribution in [2.45, 2.75) is 20.3 Å². The molecule has 0 fully saturated rings. The van der Waals surface area contributed by atoms with Gasteiger partial charge in [-0.25, -0.2) is 0 Å². The lowest BCUT2D eigenvalue weighted by atomic mass is 10.0. The summed E-state index contributed by atoms with van der Waals surface area (Å²) in [6.07, 6.45) is 0.976. The van der Waals surface area contributed by atoms with E-state index < -0.39 is 0 Å². The van der Waals surface area contributed by atoms with E-state index in [2.05, 4.69) is 13.8 Å². The molecule has 0 saturated heterocycles. The first-order chi connectivity index (χ1) is 6.13. The van der Waals surface area contributed by atoms with Crippen LogP contribution in [0.2, 0.25) is 0 Å². The van der Waals surface area contributed by atoms with Gasteiger partial charge in [-0.1, -0.05) is 19.9 Å². The summed E-state index contributed by atoms with van der Waals surface area (Å²) in [6, 6.07) is 5.26. The third-order valence-corrected chi connectivity index (χ3v) is 1.90. The van der Waals surface area contributed by atoms with Crippen LogP contribution >= 0.6 is 0 Å². The molecule has 0 aliphatic carbocycles. The molecule has 13 heavy (non-hydrogen) atoms. The van der Waals surface area contributed by atoms with E-state index in [-0.39, 0.29) is 5.75 Å². The van der Waals surface area contributed by atoms with Gasteiger partial charge in [0.1, 0.15) is 11.5 Å². The van der Waals surface area contributed by atoms with Crippen molar-refractivity contribution in [3.8, 4) is 11.5 Å². The number of aromatic hydroxyl groups is 1. The minimum atomic E-state index is 0.254. The summed E-state index contributed by atoms with van der Waals surface area (Å²) in [5.41, 5.74) is 1.15. The molecule has 1 aromatic carbocycles. The van der Waals surface area contributed by atoms with Gasteiger partial charge < -0.3 is 9.84 Å². The Hall–Kier alpha value is -1.18. The van der Waals surface area contributed by atoms with Gasteiger partial charge in [-0.05, 0) is 24.0 Å². The van der Waals surface area contributed by atoms with Crippen molar-refractivity contribution in [2.24, 2.45) is 5.92 Å². The maximum Gasteiger partial charge on any atom is 0.125 e. The highest BCUT2D eigenvalue weighted by Crippen LogP contribution is 2.25. The Morgan fingerprint density at radius 3 is 2.62 bits per heavy atom. The van der Waals surface area contributed by atoms with Crippen LogP contribution in [0.1, 0.15) is 19.4 Å². The van der Waals surface area contributed by atoms with Gasteiger partial charge in [0, 0.05) is 6.07 Å². The quantitative estimate of drug-likeness (QED) is 0.774. The molecule has 2 heteroatoms. The van der Waals surface area contributed by atoms with Crippen molar-refractivity contribution in [3.05, 3.63) is 23.8 Å². The maximum absolute atomic E-state index is 9.22. The number of methoxy groups -OCH3 is 1. The molecule has 0 unspecified atom stereocenters. The van der Waals surface area contributed by atoms with E-state index in [1.165, 1.54) is 0 Å². The van der Waals surface area contributed by atoms with E-state index in [4.69, 9.17) is 4.74 Å². The standard InChI is InChI=1S/C11H16O2/c1-8(2)6-9-4-5-10(12)7-11(9)13-3/h4-5,7-8,12H,6H2,1-3H3. The zero-order valence-corrected chi connectivity index (χ0v) is 8.37. The van der Waals surface area contributed by atoms with Crippen molar-refractivity contribution in [1.29, 1.82) is 0 Å². The van der Waals surface area contributed by atoms with E-state index in [1.807, 2.05) is 6.07 Å². The molecule has 72 valence electrons. The molecule has 0 amide bonds. The molecule has 0 heterocycles. The summed E-state index contributed by atoms with van der Waals surface area (Å²) in [5.74, 6) is 1.62. The molecule has 1 aromatic rings. The predicted octanol–water partition coefficient (Wildman–Crippen LogP) is 2.60. The van der Waals surface area contributed by atoms with E-state index in [9.17, 15) is 5.11 Å². The lowest BCUT2D eigenvalue weighted by Gasteiger charge is -2.10. The van der Waals surface area contributed by atoms with Crippen molar-refractivity contribution >= 4 is 0 Å². The summed E-state index contributed by atoms with van der Waals surface area (Å²) in [4.78, 5) is 0. The molecule has 0 bridgehead atoms. The topological polar surface area (TPSA) is 29.5 Å². The smallest absolute Gasteiger partial charge is 0.125 e. The van der Waals surface area contributed by atoms with Crippen LogP contribution in [0, 0.1) is 5.92 Å². The molecular weight excluding hydrogens is 164 g/mol. The van der Waals surface area contributed by atoms with Gasteiger partial charge in [0.25, 0.3) is 0 Å². The molecule has 0 aliphatic heterocycles. The largest absolute Gasteiger partial charge is 0.508 e. The number of hydrogen-bond acceptors (Lipinski definition) is 2. The first-order valence-electron chi connectivity index (χ1n) is 4.49. The van der Waals surface area contributed by atoms with Crippen LogP contribution in [0.25, 0.3) is 0 Å². The van der Waals surface area contributed by atoms with Crippen molar-refractivity contribution in [3.63, 3.8) is 0 Å². The van der Waals surface area contributed by atoms with Crippen molar-refractivity contribution < 1.29 is 9.84 Å². The van der Waals surface area contributed by atoms with E-state index in [1.54, 1.807) is 19.2 Å². The Balaban J connectivity index is 2.92. The van der Waals surface area contributed by atoms with Gasteiger partial charge in [-0.3, -0.25) is 0 Å². The lowest BCUT2D eigenvalue weighted by Crippen LogP contribution is -1.97. The van der Waals surface area contributed by atoms with Gasteiger partial charge >= 0.3 is 0 Å². The number of phenols is 1. The number of phenolic OH excluding ortho intramolecular Hbond substituents is 1. The summed E-state index contributed by atoms with van der Waals surface area (Å²) >= 11 is 0. The zero-order chi connectivity index (χ0) is 9.84. The molecule has 0 aliphatic rings. The van der Waals surface area contributed by atoms with Crippen molar-refractivity contribution in [2.75, 3.05) is 7.11 Å². The lowest BCUT2D eigenvalue weighted by molar-refractivity contribution is 0.400. The Morgan fingerprint density at radius 1 is 1.38 bits per heavy atom. The highest BCUT2D eigenvalue weighted by molar-refractivity contribution is 5.40. The van der Waals surface area contributed by atoms with E-state index in [0.717, 1.165) is 17.7 Å². The van der Waals surface area contributed by atoms with Crippen LogP contribution in [-0.4, -0.2) is 12.2 Å². The third kappa shape index (κ3) is 2.65. The number of benzene rings is 1. The highest BCUT2D eigenvalue weighted by atomic mass is 16.5. The number of hydrogen-bond donors (Lipinski definition) is 1. The van der Waals surface area contributed by atoms with Gasteiger partial charge in [-0.15, -0.1) is 0 Å². The van der Waals surface area contributed by atoms with Crippen LogP contribution in [0.15, 0.2) is 18.2 Å². The second kappa shape index (κ2) is 4.17. The Labute approximate surface area is 79.2 Å². The number of rotatable bonds is 3. The Bertz CT molecular complexity index is 279. The van der Waals surface area contributed by atoms with Crippen LogP contribution in [0.4, 0.5) is 0 Å². The summed E-state index contributed by atoms with van der Waals surface area (Å²) in [6.45, 7) is 4.32. The van der Waals surface area contributed by atoms with Gasteiger partial charge in [0.15, 0.2) is 0 Å². The molecule has 1 rings (SSSR count). The zero-order valence-electron chi connectivity index (χ0n) is 8.37. The monoisotopic (exact) mass is 180 g/mol. The fourth-order valence-corrected chi connectivity index (χ4v) is 1.34. The van der Waals surface area contributed by atoms with E-state index in [0.29, 0.717) is 5.92 Å².